The predicted molar refractivity (Wildman–Crippen MR) is 224 cm³/mol. The molecule has 53 heavy (non-hydrogen) atoms. The fourth-order valence-corrected chi connectivity index (χ4v) is 8.13. The van der Waals surface area contributed by atoms with Crippen molar-refractivity contribution in [1.29, 1.82) is 0 Å². The van der Waals surface area contributed by atoms with Crippen molar-refractivity contribution in [2.24, 2.45) is 0 Å². The molecule has 0 aliphatic heterocycles. The Hall–Kier alpha value is -2.87. The summed E-state index contributed by atoms with van der Waals surface area (Å²) >= 11 is 0. The minimum atomic E-state index is 0. The first kappa shape index (κ1) is 42.9. The molecule has 0 nitrogen and oxygen atoms in total. The van der Waals surface area contributed by atoms with E-state index >= 15 is 0 Å². The molecular formula is C49H51Cl2SiZr. The monoisotopic (exact) mass is 827 g/mol. The second-order valence-electron chi connectivity index (χ2n) is 16.4. The molecule has 7 aromatic carbocycles. The van der Waals surface area contributed by atoms with Gasteiger partial charge in [-0.15, -0.1) is 33.7 Å². The van der Waals surface area contributed by atoms with Crippen LogP contribution >= 0.6 is 0 Å². The molecule has 0 N–H and O–H groups in total. The zero-order valence-electron chi connectivity index (χ0n) is 32.7. The van der Waals surface area contributed by atoms with Crippen molar-refractivity contribution in [3.8, 4) is 11.1 Å². The number of halogens is 2. The first-order chi connectivity index (χ1) is 23.9. The van der Waals surface area contributed by atoms with E-state index in [2.05, 4.69) is 177 Å². The maximum absolute atomic E-state index is 2.56. The van der Waals surface area contributed by atoms with E-state index in [4.69, 9.17) is 0 Å². The smallest absolute Gasteiger partial charge is 1.00 e. The third-order valence-corrected chi connectivity index (χ3v) is 10.6. The Morgan fingerprint density at radius 2 is 1.21 bits per heavy atom. The molecule has 1 atom stereocenters. The van der Waals surface area contributed by atoms with E-state index < -0.39 is 0 Å². The largest absolute Gasteiger partial charge is 3.00 e. The van der Waals surface area contributed by atoms with Gasteiger partial charge in [-0.1, -0.05) is 187 Å². The Morgan fingerprint density at radius 3 is 1.79 bits per heavy atom. The van der Waals surface area contributed by atoms with Crippen LogP contribution in [0.4, 0.5) is 0 Å². The van der Waals surface area contributed by atoms with Crippen molar-refractivity contribution in [3.63, 3.8) is 0 Å². The van der Waals surface area contributed by atoms with Gasteiger partial charge >= 0.3 is 26.2 Å². The standard InChI is InChI=1S/C47H45.C2H6Si.2ClH.Zr/c1-8-14-32-25-40-37(19-13-20-38(40)45-35-17-11-9-15-29(35)23-30-16-10-12-18-36(30)45)44(32)43-28-34(47(5,6)7)27-42-39-26-33(46(2,3)4)22-21-31(39)24-41(42)43;1-3-2;;;/h9-13,15-28,44H,8,14H2,1-7H3;1-2H3;2*1H;/q-1;;;;+3/p-2. The van der Waals surface area contributed by atoms with E-state index in [1.807, 2.05) is 0 Å². The number of hydrogen-bond acceptors (Lipinski definition) is 0. The number of benzene rings is 6. The van der Waals surface area contributed by atoms with Crippen molar-refractivity contribution in [3.05, 3.63) is 143 Å². The minimum Gasteiger partial charge on any atom is -1.00 e. The Morgan fingerprint density at radius 1 is 0.623 bits per heavy atom. The van der Waals surface area contributed by atoms with Gasteiger partial charge in [0.1, 0.15) is 0 Å². The van der Waals surface area contributed by atoms with Gasteiger partial charge in [0, 0.05) is 15.4 Å². The SMILES string of the molecule is CCCC1=Cc2c(-c3c4ccccc4cc4ccccc34)cccc2C1c1cc(C(C)(C)C)cc2c1[cH-]c1ccc(C(C)(C)C)cc12.C[Si]C.[Cl-].[Cl-].[Zr+3]. The second-order valence-corrected chi connectivity index (χ2v) is 17.4. The topological polar surface area (TPSA) is 0 Å². The van der Waals surface area contributed by atoms with Crippen molar-refractivity contribution < 1.29 is 51.0 Å². The van der Waals surface area contributed by atoms with Crippen LogP contribution in [0.2, 0.25) is 13.1 Å². The molecule has 0 aromatic heterocycles. The van der Waals surface area contributed by atoms with Crippen molar-refractivity contribution >= 4 is 58.7 Å². The Kier molecular flexibility index (Phi) is 13.6. The first-order valence-corrected chi connectivity index (χ1v) is 20.5. The van der Waals surface area contributed by atoms with E-state index in [9.17, 15) is 0 Å². The average Bonchev–Trinajstić information content (AvgIpc) is 3.64. The molecule has 8 rings (SSSR count). The summed E-state index contributed by atoms with van der Waals surface area (Å²) in [5, 5.41) is 10.8. The quantitative estimate of drug-likeness (QED) is 0.0951. The third kappa shape index (κ3) is 7.95. The van der Waals surface area contributed by atoms with Gasteiger partial charge in [0.15, 0.2) is 0 Å². The van der Waals surface area contributed by atoms with E-state index in [1.54, 1.807) is 0 Å². The summed E-state index contributed by atoms with van der Waals surface area (Å²) in [4.78, 5) is 0. The van der Waals surface area contributed by atoms with E-state index in [0.717, 1.165) is 22.4 Å². The Labute approximate surface area is 352 Å². The molecule has 0 spiro atoms. The molecule has 1 aliphatic rings. The first-order valence-electron chi connectivity index (χ1n) is 18.5. The van der Waals surface area contributed by atoms with Gasteiger partial charge < -0.3 is 24.8 Å². The molecule has 0 fully saturated rings. The summed E-state index contributed by atoms with van der Waals surface area (Å²) in [7, 11) is 1.08. The number of hydrogen-bond donors (Lipinski definition) is 0. The molecule has 0 amide bonds. The summed E-state index contributed by atoms with van der Waals surface area (Å²) in [5.41, 5.74) is 11.5. The van der Waals surface area contributed by atoms with Crippen LogP contribution in [-0.4, -0.2) is 9.52 Å². The number of fused-ring (bicyclic) bond motifs is 6. The van der Waals surface area contributed by atoms with Crippen LogP contribution in [-0.2, 0) is 37.0 Å². The van der Waals surface area contributed by atoms with Gasteiger partial charge in [0.2, 0.25) is 0 Å². The summed E-state index contributed by atoms with van der Waals surface area (Å²) < 4.78 is 0. The number of allylic oxidation sites excluding steroid dienone is 1. The van der Waals surface area contributed by atoms with E-state index in [1.165, 1.54) is 87.6 Å². The normalized spacial score (nSPS) is 13.8. The van der Waals surface area contributed by atoms with Crippen molar-refractivity contribution in [2.75, 3.05) is 0 Å². The fraction of sp³-hybridized carbons (Fsp3) is 0.286. The van der Waals surface area contributed by atoms with Crippen LogP contribution in [0.15, 0.2) is 115 Å². The number of rotatable bonds is 4. The van der Waals surface area contributed by atoms with Gasteiger partial charge in [0.25, 0.3) is 0 Å². The Bertz CT molecular complexity index is 2360. The van der Waals surface area contributed by atoms with Crippen LogP contribution < -0.4 is 24.8 Å². The van der Waals surface area contributed by atoms with Crippen LogP contribution in [0, 0.1) is 0 Å². The fourth-order valence-electron chi connectivity index (χ4n) is 8.13. The van der Waals surface area contributed by atoms with Crippen LogP contribution in [0.1, 0.15) is 95.0 Å². The molecule has 4 heteroatoms. The van der Waals surface area contributed by atoms with Gasteiger partial charge in [-0.05, 0) is 67.1 Å². The van der Waals surface area contributed by atoms with E-state index in [0.29, 0.717) is 0 Å². The average molecular weight is 830 g/mol. The summed E-state index contributed by atoms with van der Waals surface area (Å²) in [6.45, 7) is 20.7. The molecule has 1 unspecified atom stereocenters. The summed E-state index contributed by atoms with van der Waals surface area (Å²) in [6, 6.07) is 41.9. The van der Waals surface area contributed by atoms with Crippen LogP contribution in [0.3, 0.4) is 0 Å². The van der Waals surface area contributed by atoms with Gasteiger partial charge in [-0.2, -0.15) is 0 Å². The molecule has 7 aromatic rings. The van der Waals surface area contributed by atoms with Gasteiger partial charge in [-0.25, -0.2) is 0 Å². The molecule has 269 valence electrons. The van der Waals surface area contributed by atoms with Gasteiger partial charge in [-0.3, -0.25) is 0 Å². The zero-order chi connectivity index (χ0) is 35.4. The maximum atomic E-state index is 2.56. The zero-order valence-corrected chi connectivity index (χ0v) is 37.7. The Balaban J connectivity index is 0.00000101. The third-order valence-electron chi connectivity index (χ3n) is 10.6. The van der Waals surface area contributed by atoms with Crippen LogP contribution in [0.5, 0.6) is 0 Å². The van der Waals surface area contributed by atoms with Gasteiger partial charge in [0.05, 0.1) is 0 Å². The molecule has 1 aliphatic carbocycles. The second kappa shape index (κ2) is 16.9. The predicted octanol–water partition coefficient (Wildman–Crippen LogP) is 8.40. The van der Waals surface area contributed by atoms with Crippen molar-refractivity contribution in [2.45, 2.75) is 91.1 Å². The molecule has 0 bridgehead atoms. The molecule has 3 radical (unpaired) electrons. The maximum Gasteiger partial charge on any atom is 3.00 e. The van der Waals surface area contributed by atoms with Crippen molar-refractivity contribution in [1.82, 2.24) is 0 Å². The molecule has 0 saturated heterocycles. The minimum absolute atomic E-state index is 0. The summed E-state index contributed by atoms with van der Waals surface area (Å²) in [6.07, 6.45) is 4.78. The molecular weight excluding hydrogens is 779 g/mol. The molecule has 0 heterocycles. The molecule has 0 saturated carbocycles. The van der Waals surface area contributed by atoms with E-state index in [-0.39, 0.29) is 67.8 Å². The summed E-state index contributed by atoms with van der Waals surface area (Å²) in [5.74, 6) is 0.231. The van der Waals surface area contributed by atoms with Crippen LogP contribution in [0.25, 0.3) is 60.3 Å².